The topological polar surface area (TPSA) is 29.5 Å². The third-order valence-electron chi connectivity index (χ3n) is 4.13. The first kappa shape index (κ1) is 18.5. The molecule has 0 atom stereocenters. The molecule has 0 unspecified atom stereocenters. The zero-order chi connectivity index (χ0) is 16.5. The zero-order valence-corrected chi connectivity index (χ0v) is 13.3. The quantitative estimate of drug-likeness (QED) is 0.343. The second-order valence-electron chi connectivity index (χ2n) is 5.84. The summed E-state index contributed by atoms with van der Waals surface area (Å²) in [5.74, 6) is -2.94. The van der Waals surface area contributed by atoms with Crippen molar-refractivity contribution in [3.8, 4) is 0 Å². The summed E-state index contributed by atoms with van der Waals surface area (Å²) in [6, 6.07) is 0. The Labute approximate surface area is 131 Å². The molecule has 0 saturated heterocycles. The Balaban J connectivity index is 2.31. The first-order valence-corrected chi connectivity index (χ1v) is 7.82. The maximum atomic E-state index is 13.5. The minimum atomic E-state index is -1.42. The lowest BCUT2D eigenvalue weighted by atomic mass is 9.80. The summed E-state index contributed by atoms with van der Waals surface area (Å²) >= 11 is 0. The van der Waals surface area contributed by atoms with Gasteiger partial charge in [-0.3, -0.25) is 0 Å². The average molecular weight is 312 g/mol. The minimum absolute atomic E-state index is 0.332. The van der Waals surface area contributed by atoms with Crippen LogP contribution in [0.3, 0.4) is 0 Å². The molecule has 1 aliphatic carbocycles. The zero-order valence-electron chi connectivity index (χ0n) is 13.3. The number of aliphatic hydroxyl groups is 1. The molecule has 0 aliphatic heterocycles. The van der Waals surface area contributed by atoms with Crippen LogP contribution in [-0.4, -0.2) is 11.7 Å². The molecule has 0 spiro atoms. The fraction of sp³-hybridized carbons (Fsp3) is 0.556. The van der Waals surface area contributed by atoms with Gasteiger partial charge in [-0.25, -0.2) is 0 Å². The van der Waals surface area contributed by atoms with Crippen LogP contribution in [0, 0.1) is 11.8 Å². The highest BCUT2D eigenvalue weighted by Crippen LogP contribution is 2.32. The van der Waals surface area contributed by atoms with Crippen LogP contribution in [-0.2, 0) is 4.74 Å². The number of rotatable bonds is 8. The molecule has 124 valence electrons. The largest absolute Gasteiger partial charge is 0.505 e. The van der Waals surface area contributed by atoms with E-state index >= 15 is 0 Å². The van der Waals surface area contributed by atoms with Crippen molar-refractivity contribution < 1.29 is 18.6 Å². The third kappa shape index (κ3) is 6.04. The smallest absolute Gasteiger partial charge is 0.203 e. The lowest BCUT2D eigenvalue weighted by molar-refractivity contribution is 0.126. The molecule has 0 heterocycles. The van der Waals surface area contributed by atoms with Crippen LogP contribution >= 0.6 is 0 Å². The average Bonchev–Trinajstić information content (AvgIpc) is 2.52. The first-order chi connectivity index (χ1) is 10.5. The van der Waals surface area contributed by atoms with Crippen molar-refractivity contribution in [2.24, 2.45) is 11.8 Å². The molecule has 4 heteroatoms. The minimum Gasteiger partial charge on any atom is -0.505 e. The van der Waals surface area contributed by atoms with Crippen LogP contribution in [0.25, 0.3) is 0 Å². The van der Waals surface area contributed by atoms with Crippen LogP contribution in [0.4, 0.5) is 8.78 Å². The number of hydrogen-bond acceptors (Lipinski definition) is 2. The molecule has 0 radical (unpaired) electrons. The van der Waals surface area contributed by atoms with Gasteiger partial charge in [-0.1, -0.05) is 38.2 Å². The van der Waals surface area contributed by atoms with Crippen LogP contribution in [0.1, 0.15) is 45.4 Å². The van der Waals surface area contributed by atoms with E-state index in [1.807, 2.05) is 6.92 Å². The van der Waals surface area contributed by atoms with E-state index in [9.17, 15) is 8.78 Å². The van der Waals surface area contributed by atoms with Crippen molar-refractivity contribution in [3.63, 3.8) is 0 Å². The Bertz CT molecular complexity index is 444. The van der Waals surface area contributed by atoms with E-state index in [0.29, 0.717) is 12.5 Å². The van der Waals surface area contributed by atoms with Gasteiger partial charge in [0.25, 0.3) is 0 Å². The lowest BCUT2D eigenvalue weighted by Gasteiger charge is -2.28. The summed E-state index contributed by atoms with van der Waals surface area (Å²) in [5, 5.41) is 8.81. The van der Waals surface area contributed by atoms with Crippen molar-refractivity contribution in [1.82, 2.24) is 0 Å². The maximum absolute atomic E-state index is 13.5. The Morgan fingerprint density at radius 3 is 2.27 bits per heavy atom. The van der Waals surface area contributed by atoms with Crippen molar-refractivity contribution in [2.75, 3.05) is 6.61 Å². The van der Waals surface area contributed by atoms with E-state index in [1.165, 1.54) is 6.42 Å². The van der Waals surface area contributed by atoms with Crippen LogP contribution in [0.15, 0.2) is 48.5 Å². The van der Waals surface area contributed by atoms with Crippen molar-refractivity contribution in [3.05, 3.63) is 48.5 Å². The fourth-order valence-electron chi connectivity index (χ4n) is 2.72. The van der Waals surface area contributed by atoms with Gasteiger partial charge in [0.1, 0.15) is 5.76 Å². The highest BCUT2D eigenvalue weighted by molar-refractivity contribution is 5.28. The van der Waals surface area contributed by atoms with E-state index in [2.05, 4.69) is 25.3 Å². The molecule has 1 N–H and O–H groups in total. The fourth-order valence-corrected chi connectivity index (χ4v) is 2.72. The normalized spacial score (nSPS) is 23.2. The summed E-state index contributed by atoms with van der Waals surface area (Å²) in [4.78, 5) is 0. The summed E-state index contributed by atoms with van der Waals surface area (Å²) in [7, 11) is 0. The summed E-state index contributed by atoms with van der Waals surface area (Å²) in [6.07, 6.45) is 11.0. The number of hydrogen-bond donors (Lipinski definition) is 1. The predicted octanol–water partition coefficient (Wildman–Crippen LogP) is 5.90. The van der Waals surface area contributed by atoms with Gasteiger partial charge in [0.15, 0.2) is 5.76 Å². The Morgan fingerprint density at radius 1 is 1.14 bits per heavy atom. The highest BCUT2D eigenvalue weighted by atomic mass is 19.2. The second-order valence-corrected chi connectivity index (χ2v) is 5.84. The van der Waals surface area contributed by atoms with Gasteiger partial charge in [0.2, 0.25) is 11.7 Å². The highest BCUT2D eigenvalue weighted by Gasteiger charge is 2.22. The van der Waals surface area contributed by atoms with Gasteiger partial charge in [-0.05, 0) is 44.4 Å². The van der Waals surface area contributed by atoms with E-state index in [1.54, 1.807) is 0 Å². The van der Waals surface area contributed by atoms with Crippen molar-refractivity contribution >= 4 is 0 Å². The standard InChI is InChI=1S/C18H26F2O2/c1-4-5-6-7-15-8-10-16(11-9-15)12-22-14(3)18(20)17(19)13(2)21/h4-5,15-16,21H,2-3,6-12H2,1H3/b5-4+,18-17-. The van der Waals surface area contributed by atoms with Gasteiger partial charge in [-0.15, -0.1) is 0 Å². The monoisotopic (exact) mass is 312 g/mol. The molecule has 22 heavy (non-hydrogen) atoms. The molecule has 0 aromatic heterocycles. The van der Waals surface area contributed by atoms with Crippen LogP contribution in [0.5, 0.6) is 0 Å². The number of ether oxygens (including phenoxy) is 1. The van der Waals surface area contributed by atoms with Crippen molar-refractivity contribution in [2.45, 2.75) is 45.4 Å². The molecule has 0 aromatic rings. The van der Waals surface area contributed by atoms with Gasteiger partial charge in [-0.2, -0.15) is 8.78 Å². The van der Waals surface area contributed by atoms with E-state index < -0.39 is 17.4 Å². The van der Waals surface area contributed by atoms with Crippen LogP contribution in [0.2, 0.25) is 0 Å². The maximum Gasteiger partial charge on any atom is 0.203 e. The molecule has 0 aromatic carbocycles. The van der Waals surface area contributed by atoms with Gasteiger partial charge < -0.3 is 9.84 Å². The van der Waals surface area contributed by atoms with E-state index in [4.69, 9.17) is 9.84 Å². The molecule has 1 aliphatic rings. The Morgan fingerprint density at radius 2 is 1.73 bits per heavy atom. The van der Waals surface area contributed by atoms with Gasteiger partial charge in [0.05, 0.1) is 6.61 Å². The van der Waals surface area contributed by atoms with Gasteiger partial charge in [0, 0.05) is 0 Å². The molecule has 0 bridgehead atoms. The number of halogens is 2. The lowest BCUT2D eigenvalue weighted by Crippen LogP contribution is -2.18. The molecule has 0 amide bonds. The molecular formula is C18H26F2O2. The summed E-state index contributed by atoms with van der Waals surface area (Å²) in [5.41, 5.74) is 0. The Hall–Kier alpha value is -1.58. The number of aliphatic hydroxyl groups excluding tert-OH is 1. The van der Waals surface area contributed by atoms with Crippen LogP contribution < -0.4 is 0 Å². The van der Waals surface area contributed by atoms with E-state index in [-0.39, 0.29) is 5.76 Å². The van der Waals surface area contributed by atoms with Crippen molar-refractivity contribution in [1.29, 1.82) is 0 Å². The van der Waals surface area contributed by atoms with Gasteiger partial charge >= 0.3 is 0 Å². The molecule has 1 saturated carbocycles. The molecule has 2 nitrogen and oxygen atoms in total. The predicted molar refractivity (Wildman–Crippen MR) is 85.6 cm³/mol. The Kier molecular flexibility index (Phi) is 7.92. The summed E-state index contributed by atoms with van der Waals surface area (Å²) in [6.45, 7) is 8.64. The molecular weight excluding hydrogens is 286 g/mol. The molecule has 1 fully saturated rings. The SMILES string of the molecule is C=C(O)/C(F)=C(/F)C(=C)OCC1CCC(CC/C=C/C)CC1. The molecule has 1 rings (SSSR count). The first-order valence-electron chi connectivity index (χ1n) is 7.82. The number of allylic oxidation sites excluding steroid dienone is 4. The van der Waals surface area contributed by atoms with E-state index in [0.717, 1.165) is 38.0 Å². The second kappa shape index (κ2) is 9.44. The third-order valence-corrected chi connectivity index (χ3v) is 4.13. The summed E-state index contributed by atoms with van der Waals surface area (Å²) < 4.78 is 31.8.